The third-order valence-corrected chi connectivity index (χ3v) is 3.46. The summed E-state index contributed by atoms with van der Waals surface area (Å²) in [6, 6.07) is 0. The molecule has 0 unspecified atom stereocenters. The molecule has 0 radical (unpaired) electrons. The van der Waals surface area contributed by atoms with Gasteiger partial charge in [-0.2, -0.15) is 5.10 Å². The van der Waals surface area contributed by atoms with E-state index in [1.165, 1.54) is 12.8 Å². The molecule has 0 saturated carbocycles. The lowest BCUT2D eigenvalue weighted by atomic mass is 9.97. The maximum atomic E-state index is 5.65. The first-order valence-corrected chi connectivity index (χ1v) is 6.11. The minimum Gasteiger partial charge on any atom is -0.381 e. The molecule has 1 aromatic heterocycles. The number of nitrogens with zero attached hydrogens (tertiary/aromatic N) is 2. The summed E-state index contributed by atoms with van der Waals surface area (Å²) >= 11 is 3.35. The van der Waals surface area contributed by atoms with E-state index >= 15 is 0 Å². The van der Waals surface area contributed by atoms with E-state index in [1.54, 1.807) is 0 Å². The molecule has 0 bridgehead atoms. The number of nitrogens with two attached hydrogens (primary N) is 1. The number of anilines is 1. The van der Waals surface area contributed by atoms with Crippen molar-refractivity contribution in [3.05, 3.63) is 10.7 Å². The highest BCUT2D eigenvalue weighted by atomic mass is 79.9. The number of halogens is 1. The van der Waals surface area contributed by atoms with E-state index in [2.05, 4.69) is 21.0 Å². The molecule has 0 aliphatic carbocycles. The molecular weight excluding hydrogens is 258 g/mol. The van der Waals surface area contributed by atoms with Crippen molar-refractivity contribution in [2.24, 2.45) is 5.92 Å². The van der Waals surface area contributed by atoms with Crippen LogP contribution in [-0.2, 0) is 11.3 Å². The number of aryl methyl sites for hydroxylation is 1. The number of hydrogen-bond acceptors (Lipinski definition) is 3. The van der Waals surface area contributed by atoms with Gasteiger partial charge in [0.15, 0.2) is 5.82 Å². The van der Waals surface area contributed by atoms with E-state index in [1.807, 2.05) is 10.9 Å². The Morgan fingerprint density at radius 2 is 2.27 bits per heavy atom. The smallest absolute Gasteiger partial charge is 0.159 e. The van der Waals surface area contributed by atoms with E-state index in [0.29, 0.717) is 5.82 Å². The van der Waals surface area contributed by atoms with E-state index in [9.17, 15) is 0 Å². The molecule has 1 fully saturated rings. The second-order valence-electron chi connectivity index (χ2n) is 3.97. The minimum absolute atomic E-state index is 0.571. The summed E-state index contributed by atoms with van der Waals surface area (Å²) < 4.78 is 8.12. The third kappa shape index (κ3) is 2.95. The van der Waals surface area contributed by atoms with Crippen LogP contribution in [0.4, 0.5) is 5.82 Å². The average Bonchev–Trinajstić information content (AvgIpc) is 2.57. The number of ether oxygens (including phenoxy) is 1. The van der Waals surface area contributed by atoms with Crippen molar-refractivity contribution >= 4 is 21.7 Å². The normalized spacial score (nSPS) is 18.2. The van der Waals surface area contributed by atoms with Crippen molar-refractivity contribution in [1.29, 1.82) is 0 Å². The van der Waals surface area contributed by atoms with Crippen molar-refractivity contribution < 1.29 is 4.74 Å². The summed E-state index contributed by atoms with van der Waals surface area (Å²) in [6.45, 7) is 2.77. The summed E-state index contributed by atoms with van der Waals surface area (Å²) in [4.78, 5) is 0. The van der Waals surface area contributed by atoms with Crippen LogP contribution in [0, 0.1) is 5.92 Å². The summed E-state index contributed by atoms with van der Waals surface area (Å²) in [5.74, 6) is 1.35. The summed E-state index contributed by atoms with van der Waals surface area (Å²) in [5.41, 5.74) is 5.65. The molecule has 0 spiro atoms. The van der Waals surface area contributed by atoms with E-state index in [-0.39, 0.29) is 0 Å². The van der Waals surface area contributed by atoms with Gasteiger partial charge in [0.1, 0.15) is 0 Å². The fourth-order valence-corrected chi connectivity index (χ4v) is 2.19. The van der Waals surface area contributed by atoms with Crippen LogP contribution < -0.4 is 5.73 Å². The number of nitrogen functional groups attached to an aromatic ring is 1. The first kappa shape index (κ1) is 11.0. The van der Waals surface area contributed by atoms with E-state index in [0.717, 1.165) is 36.6 Å². The van der Waals surface area contributed by atoms with Crippen LogP contribution in [0.5, 0.6) is 0 Å². The molecule has 1 aliphatic heterocycles. The molecule has 15 heavy (non-hydrogen) atoms. The lowest BCUT2D eigenvalue weighted by molar-refractivity contribution is 0.0623. The molecule has 2 heterocycles. The van der Waals surface area contributed by atoms with Gasteiger partial charge in [0.2, 0.25) is 0 Å². The SMILES string of the molecule is Nc1nn(CCC2CCOCC2)cc1Br. The third-order valence-electron chi connectivity index (χ3n) is 2.85. The van der Waals surface area contributed by atoms with E-state index in [4.69, 9.17) is 10.5 Å². The molecule has 2 N–H and O–H groups in total. The summed E-state index contributed by atoms with van der Waals surface area (Å²) in [5, 5.41) is 4.21. The fourth-order valence-electron chi connectivity index (χ4n) is 1.88. The lowest BCUT2D eigenvalue weighted by Crippen LogP contribution is -2.17. The first-order chi connectivity index (χ1) is 7.25. The van der Waals surface area contributed by atoms with Gasteiger partial charge >= 0.3 is 0 Å². The number of hydrogen-bond donors (Lipinski definition) is 1. The maximum absolute atomic E-state index is 5.65. The Hall–Kier alpha value is -0.550. The van der Waals surface area contributed by atoms with Gasteiger partial charge in [-0.15, -0.1) is 0 Å². The fraction of sp³-hybridized carbons (Fsp3) is 0.700. The molecule has 4 nitrogen and oxygen atoms in total. The zero-order chi connectivity index (χ0) is 10.7. The Bertz CT molecular complexity index is 301. The zero-order valence-electron chi connectivity index (χ0n) is 8.66. The summed E-state index contributed by atoms with van der Waals surface area (Å²) in [6.07, 6.45) is 5.46. The van der Waals surface area contributed by atoms with Crippen LogP contribution in [0.3, 0.4) is 0 Å². The highest BCUT2D eigenvalue weighted by Crippen LogP contribution is 2.21. The first-order valence-electron chi connectivity index (χ1n) is 5.32. The predicted octanol–water partition coefficient (Wildman–Crippen LogP) is 2.04. The van der Waals surface area contributed by atoms with Crippen molar-refractivity contribution in [2.45, 2.75) is 25.8 Å². The Labute approximate surface area is 97.9 Å². The minimum atomic E-state index is 0.571. The Morgan fingerprint density at radius 1 is 1.53 bits per heavy atom. The molecule has 0 amide bonds. The van der Waals surface area contributed by atoms with Gasteiger partial charge in [-0.3, -0.25) is 4.68 Å². The number of rotatable bonds is 3. The Balaban J connectivity index is 1.81. The molecule has 84 valence electrons. The highest BCUT2D eigenvalue weighted by Gasteiger charge is 2.13. The second kappa shape index (κ2) is 4.99. The van der Waals surface area contributed by atoms with Crippen LogP contribution in [0.2, 0.25) is 0 Å². The molecule has 1 aromatic rings. The van der Waals surface area contributed by atoms with Gasteiger partial charge in [0.25, 0.3) is 0 Å². The van der Waals surface area contributed by atoms with Gasteiger partial charge in [0, 0.05) is 26.0 Å². The van der Waals surface area contributed by atoms with E-state index < -0.39 is 0 Å². The molecular formula is C10H16BrN3O. The Kier molecular flexibility index (Phi) is 3.64. The molecule has 1 aliphatic rings. The van der Waals surface area contributed by atoms with Crippen molar-refractivity contribution in [3.63, 3.8) is 0 Å². The zero-order valence-corrected chi connectivity index (χ0v) is 10.2. The van der Waals surface area contributed by atoms with Crippen LogP contribution in [-0.4, -0.2) is 23.0 Å². The molecule has 5 heteroatoms. The van der Waals surface area contributed by atoms with Gasteiger partial charge in [-0.05, 0) is 41.1 Å². The molecule has 0 aromatic carbocycles. The van der Waals surface area contributed by atoms with Crippen LogP contribution >= 0.6 is 15.9 Å². The van der Waals surface area contributed by atoms with Crippen molar-refractivity contribution in [2.75, 3.05) is 18.9 Å². The number of aromatic nitrogens is 2. The second-order valence-corrected chi connectivity index (χ2v) is 4.82. The monoisotopic (exact) mass is 273 g/mol. The van der Waals surface area contributed by atoms with Gasteiger partial charge in [0.05, 0.1) is 4.47 Å². The average molecular weight is 274 g/mol. The maximum Gasteiger partial charge on any atom is 0.159 e. The van der Waals surface area contributed by atoms with Gasteiger partial charge in [-0.1, -0.05) is 0 Å². The molecule has 1 saturated heterocycles. The Morgan fingerprint density at radius 3 is 2.87 bits per heavy atom. The topological polar surface area (TPSA) is 53.1 Å². The summed E-state index contributed by atoms with van der Waals surface area (Å²) in [7, 11) is 0. The highest BCUT2D eigenvalue weighted by molar-refractivity contribution is 9.10. The van der Waals surface area contributed by atoms with Crippen LogP contribution in [0.1, 0.15) is 19.3 Å². The quantitative estimate of drug-likeness (QED) is 0.917. The molecule has 0 atom stereocenters. The van der Waals surface area contributed by atoms with Gasteiger partial charge in [-0.25, -0.2) is 0 Å². The standard InChI is InChI=1S/C10H16BrN3O/c11-9-7-14(13-10(9)12)4-1-8-2-5-15-6-3-8/h7-8H,1-6H2,(H2,12,13). The van der Waals surface area contributed by atoms with Crippen LogP contribution in [0.25, 0.3) is 0 Å². The predicted molar refractivity (Wildman–Crippen MR) is 62.5 cm³/mol. The van der Waals surface area contributed by atoms with Crippen molar-refractivity contribution in [3.8, 4) is 0 Å². The lowest BCUT2D eigenvalue weighted by Gasteiger charge is -2.21. The van der Waals surface area contributed by atoms with Crippen molar-refractivity contribution in [1.82, 2.24) is 9.78 Å². The largest absolute Gasteiger partial charge is 0.381 e. The van der Waals surface area contributed by atoms with Gasteiger partial charge < -0.3 is 10.5 Å². The van der Waals surface area contributed by atoms with Crippen LogP contribution in [0.15, 0.2) is 10.7 Å². The molecule has 2 rings (SSSR count).